The topological polar surface area (TPSA) is 80.0 Å². The summed E-state index contributed by atoms with van der Waals surface area (Å²) < 4.78 is 1.65. The lowest BCUT2D eigenvalue weighted by Crippen LogP contribution is -2.19. The second kappa shape index (κ2) is 4.56. The zero-order chi connectivity index (χ0) is 9.68. The van der Waals surface area contributed by atoms with E-state index in [4.69, 9.17) is 5.11 Å². The smallest absolute Gasteiger partial charge is 0.304 e. The van der Waals surface area contributed by atoms with Crippen LogP contribution in [0.15, 0.2) is 6.20 Å². The van der Waals surface area contributed by atoms with E-state index in [-0.39, 0.29) is 6.42 Å². The monoisotopic (exact) mass is 184 g/mol. The van der Waals surface area contributed by atoms with E-state index >= 15 is 0 Å². The first-order valence-electron chi connectivity index (χ1n) is 3.96. The van der Waals surface area contributed by atoms with E-state index in [1.807, 2.05) is 0 Å². The SMILES string of the molecule is Cn1nncc1CNCCC(=O)O. The molecule has 0 radical (unpaired) electrons. The molecular weight excluding hydrogens is 172 g/mol. The third kappa shape index (κ3) is 3.20. The molecule has 1 heterocycles. The van der Waals surface area contributed by atoms with Gasteiger partial charge in [-0.1, -0.05) is 5.21 Å². The standard InChI is InChI=1S/C7H12N4O2/c1-11-6(5-9-10-11)4-8-3-2-7(12)13/h5,8H,2-4H2,1H3,(H,12,13). The fraction of sp³-hybridized carbons (Fsp3) is 0.571. The highest BCUT2D eigenvalue weighted by atomic mass is 16.4. The molecule has 1 aromatic heterocycles. The van der Waals surface area contributed by atoms with E-state index in [9.17, 15) is 4.79 Å². The minimum absolute atomic E-state index is 0.130. The molecule has 0 spiro atoms. The number of hydrogen-bond donors (Lipinski definition) is 2. The summed E-state index contributed by atoms with van der Waals surface area (Å²) in [5.74, 6) is -0.796. The van der Waals surface area contributed by atoms with Gasteiger partial charge in [0.2, 0.25) is 0 Å². The molecule has 0 unspecified atom stereocenters. The van der Waals surface area contributed by atoms with Crippen LogP contribution in [0.1, 0.15) is 12.1 Å². The Labute approximate surface area is 75.6 Å². The number of aryl methyl sites for hydroxylation is 1. The summed E-state index contributed by atoms with van der Waals surface area (Å²) in [6, 6.07) is 0. The Balaban J connectivity index is 2.20. The van der Waals surface area contributed by atoms with Crippen molar-refractivity contribution in [2.75, 3.05) is 6.54 Å². The number of carbonyl (C=O) groups is 1. The number of carboxylic acids is 1. The minimum atomic E-state index is -0.796. The molecule has 0 atom stereocenters. The van der Waals surface area contributed by atoms with Gasteiger partial charge < -0.3 is 10.4 Å². The number of nitrogens with zero attached hydrogens (tertiary/aromatic N) is 3. The Morgan fingerprint density at radius 3 is 3.08 bits per heavy atom. The lowest BCUT2D eigenvalue weighted by molar-refractivity contribution is -0.136. The highest BCUT2D eigenvalue weighted by molar-refractivity contribution is 5.66. The summed E-state index contributed by atoms with van der Waals surface area (Å²) in [7, 11) is 1.79. The van der Waals surface area contributed by atoms with Crippen LogP contribution in [0.3, 0.4) is 0 Å². The van der Waals surface area contributed by atoms with Crippen LogP contribution < -0.4 is 5.32 Å². The van der Waals surface area contributed by atoms with Crippen molar-refractivity contribution in [3.63, 3.8) is 0 Å². The Morgan fingerprint density at radius 2 is 2.54 bits per heavy atom. The average molecular weight is 184 g/mol. The van der Waals surface area contributed by atoms with Gasteiger partial charge in [-0.15, -0.1) is 5.10 Å². The molecule has 72 valence electrons. The van der Waals surface area contributed by atoms with Gasteiger partial charge in [0.05, 0.1) is 18.3 Å². The van der Waals surface area contributed by atoms with Gasteiger partial charge in [-0.3, -0.25) is 9.48 Å². The molecule has 0 aromatic carbocycles. The van der Waals surface area contributed by atoms with E-state index in [2.05, 4.69) is 15.6 Å². The molecule has 0 bridgehead atoms. The molecule has 0 aliphatic heterocycles. The van der Waals surface area contributed by atoms with Gasteiger partial charge in [0, 0.05) is 20.1 Å². The van der Waals surface area contributed by atoms with Gasteiger partial charge in [-0.05, 0) is 0 Å². The highest BCUT2D eigenvalue weighted by Crippen LogP contribution is 1.91. The van der Waals surface area contributed by atoms with Crippen molar-refractivity contribution in [1.82, 2.24) is 20.3 Å². The van der Waals surface area contributed by atoms with Crippen LogP contribution in [0, 0.1) is 0 Å². The van der Waals surface area contributed by atoms with Crippen LogP contribution in [0.2, 0.25) is 0 Å². The number of hydrogen-bond acceptors (Lipinski definition) is 4. The van der Waals surface area contributed by atoms with Crippen molar-refractivity contribution in [3.8, 4) is 0 Å². The van der Waals surface area contributed by atoms with Crippen molar-refractivity contribution >= 4 is 5.97 Å². The maximum absolute atomic E-state index is 10.2. The van der Waals surface area contributed by atoms with Crippen LogP contribution in [0.4, 0.5) is 0 Å². The zero-order valence-electron chi connectivity index (χ0n) is 7.40. The largest absolute Gasteiger partial charge is 0.481 e. The maximum atomic E-state index is 10.2. The maximum Gasteiger partial charge on any atom is 0.304 e. The summed E-state index contributed by atoms with van der Waals surface area (Å²) in [4.78, 5) is 10.2. The van der Waals surface area contributed by atoms with Crippen molar-refractivity contribution in [2.24, 2.45) is 7.05 Å². The summed E-state index contributed by atoms with van der Waals surface area (Å²) in [5.41, 5.74) is 0.936. The second-order valence-corrected chi connectivity index (χ2v) is 2.67. The summed E-state index contributed by atoms with van der Waals surface area (Å²) in [5, 5.41) is 18.8. The fourth-order valence-electron chi connectivity index (χ4n) is 0.883. The first kappa shape index (κ1) is 9.66. The molecule has 0 amide bonds. The molecule has 2 N–H and O–H groups in total. The Morgan fingerprint density at radius 1 is 1.77 bits per heavy atom. The Hall–Kier alpha value is -1.43. The number of nitrogens with one attached hydrogen (secondary N) is 1. The van der Waals surface area contributed by atoms with E-state index < -0.39 is 5.97 Å². The van der Waals surface area contributed by atoms with Crippen molar-refractivity contribution in [3.05, 3.63) is 11.9 Å². The molecule has 0 aliphatic rings. The van der Waals surface area contributed by atoms with E-state index in [1.54, 1.807) is 17.9 Å². The minimum Gasteiger partial charge on any atom is -0.481 e. The Bertz CT molecular complexity index is 284. The molecule has 0 fully saturated rings. The van der Waals surface area contributed by atoms with E-state index in [0.29, 0.717) is 13.1 Å². The van der Waals surface area contributed by atoms with E-state index in [0.717, 1.165) is 5.69 Å². The lowest BCUT2D eigenvalue weighted by Gasteiger charge is -2.01. The van der Waals surface area contributed by atoms with Gasteiger partial charge in [0.1, 0.15) is 0 Å². The molecule has 1 aromatic rings. The number of rotatable bonds is 5. The fourth-order valence-corrected chi connectivity index (χ4v) is 0.883. The first-order valence-corrected chi connectivity index (χ1v) is 3.96. The van der Waals surface area contributed by atoms with E-state index in [1.165, 1.54) is 0 Å². The average Bonchev–Trinajstić information content (AvgIpc) is 2.45. The molecule has 13 heavy (non-hydrogen) atoms. The van der Waals surface area contributed by atoms with Crippen LogP contribution in [-0.4, -0.2) is 32.6 Å². The molecule has 6 heteroatoms. The van der Waals surface area contributed by atoms with Gasteiger partial charge in [-0.25, -0.2) is 0 Å². The van der Waals surface area contributed by atoms with Crippen molar-refractivity contribution in [2.45, 2.75) is 13.0 Å². The molecule has 6 nitrogen and oxygen atoms in total. The third-order valence-electron chi connectivity index (χ3n) is 1.63. The molecule has 0 saturated heterocycles. The van der Waals surface area contributed by atoms with Crippen LogP contribution in [-0.2, 0) is 18.4 Å². The number of aliphatic carboxylic acids is 1. The summed E-state index contributed by atoms with van der Waals surface area (Å²) >= 11 is 0. The summed E-state index contributed by atoms with van der Waals surface area (Å²) in [6.45, 7) is 1.05. The molecular formula is C7H12N4O2. The molecule has 0 saturated carbocycles. The zero-order valence-corrected chi connectivity index (χ0v) is 7.40. The van der Waals surface area contributed by atoms with Gasteiger partial charge >= 0.3 is 5.97 Å². The van der Waals surface area contributed by atoms with Crippen molar-refractivity contribution < 1.29 is 9.90 Å². The highest BCUT2D eigenvalue weighted by Gasteiger charge is 1.99. The van der Waals surface area contributed by atoms with Crippen LogP contribution >= 0.6 is 0 Å². The lowest BCUT2D eigenvalue weighted by atomic mass is 10.4. The van der Waals surface area contributed by atoms with Gasteiger partial charge in [0.25, 0.3) is 0 Å². The predicted molar refractivity (Wildman–Crippen MR) is 45.0 cm³/mol. The predicted octanol–water partition coefficient (Wildman–Crippen LogP) is -0.621. The van der Waals surface area contributed by atoms with Gasteiger partial charge in [-0.2, -0.15) is 0 Å². The normalized spacial score (nSPS) is 10.2. The quantitative estimate of drug-likeness (QED) is 0.596. The Kier molecular flexibility index (Phi) is 3.39. The molecule has 0 aliphatic carbocycles. The second-order valence-electron chi connectivity index (χ2n) is 2.67. The van der Waals surface area contributed by atoms with Crippen molar-refractivity contribution in [1.29, 1.82) is 0 Å². The van der Waals surface area contributed by atoms with Crippen LogP contribution in [0.25, 0.3) is 0 Å². The van der Waals surface area contributed by atoms with Gasteiger partial charge in [0.15, 0.2) is 0 Å². The number of carboxylic acid groups (broad SMARTS) is 1. The molecule has 1 rings (SSSR count). The third-order valence-corrected chi connectivity index (χ3v) is 1.63. The van der Waals surface area contributed by atoms with Crippen LogP contribution in [0.5, 0.6) is 0 Å². The summed E-state index contributed by atoms with van der Waals surface area (Å²) in [6.07, 6.45) is 1.78. The number of aromatic nitrogens is 3. The first-order chi connectivity index (χ1) is 6.20.